The Balaban J connectivity index is 1.25. The Labute approximate surface area is 207 Å². The summed E-state index contributed by atoms with van der Waals surface area (Å²) in [5.74, 6) is -0.165. The Kier molecular flexibility index (Phi) is 5.12. The van der Waals surface area contributed by atoms with Gasteiger partial charge in [-0.15, -0.1) is 0 Å². The van der Waals surface area contributed by atoms with Crippen molar-refractivity contribution in [3.63, 3.8) is 0 Å². The second-order valence-corrected chi connectivity index (χ2v) is 11.7. The van der Waals surface area contributed by atoms with Crippen molar-refractivity contribution >= 4 is 11.6 Å². The van der Waals surface area contributed by atoms with Crippen LogP contribution in [0.2, 0.25) is 0 Å². The summed E-state index contributed by atoms with van der Waals surface area (Å²) < 4.78 is 38.5. The van der Waals surface area contributed by atoms with Crippen LogP contribution in [0.25, 0.3) is 0 Å². The zero-order valence-corrected chi connectivity index (χ0v) is 20.4. The number of carbonyl (C=O) groups is 1. The molecule has 7 atom stereocenters. The molecule has 1 amide bonds. The van der Waals surface area contributed by atoms with E-state index in [1.807, 2.05) is 0 Å². The first kappa shape index (κ1) is 24.1. The molecule has 6 aliphatic rings. The molecule has 1 aromatic rings. The summed E-state index contributed by atoms with van der Waals surface area (Å²) in [6, 6.07) is 4.12. The normalized spacial score (nSPS) is 44.2. The summed E-state index contributed by atoms with van der Waals surface area (Å²) in [7, 11) is 0. The van der Waals surface area contributed by atoms with E-state index in [1.165, 1.54) is 0 Å². The van der Waals surface area contributed by atoms with Gasteiger partial charge in [-0.25, -0.2) is 15.2 Å². The molecule has 36 heavy (non-hydrogen) atoms. The van der Waals surface area contributed by atoms with Crippen LogP contribution in [-0.2, 0) is 16.0 Å². The molecule has 1 aromatic carbocycles. The van der Waals surface area contributed by atoms with Crippen LogP contribution in [0.3, 0.4) is 0 Å². The maximum Gasteiger partial charge on any atom is 0.416 e. The fourth-order valence-electron chi connectivity index (χ4n) is 8.07. The number of hydrogen-bond acceptors (Lipinski definition) is 5. The van der Waals surface area contributed by atoms with E-state index in [2.05, 4.69) is 36.5 Å². The number of aliphatic hydroxyl groups excluding tert-OH is 1. The molecule has 7 rings (SSSR count). The largest absolute Gasteiger partial charge is 0.416 e. The minimum atomic E-state index is -4.45. The first-order valence-electron chi connectivity index (χ1n) is 12.7. The Morgan fingerprint density at radius 2 is 1.81 bits per heavy atom. The minimum Gasteiger partial charge on any atom is -0.393 e. The zero-order valence-electron chi connectivity index (χ0n) is 20.4. The van der Waals surface area contributed by atoms with Crippen LogP contribution < -0.4 is 5.43 Å². The van der Waals surface area contributed by atoms with Crippen LogP contribution in [0.1, 0.15) is 74.7 Å². The monoisotopic (exact) mass is 504 g/mol. The molecule has 2 spiro atoms. The van der Waals surface area contributed by atoms with Crippen molar-refractivity contribution in [1.29, 1.82) is 0 Å². The summed E-state index contributed by atoms with van der Waals surface area (Å²) >= 11 is 0. The number of nitrogens with one attached hydrogen (secondary N) is 1. The van der Waals surface area contributed by atoms with Gasteiger partial charge in [0.25, 0.3) is 5.91 Å². The highest BCUT2D eigenvalue weighted by atomic mass is 19.4. The Hall–Kier alpha value is -2.23. The molecule has 6 nitrogen and oxygen atoms in total. The smallest absolute Gasteiger partial charge is 0.393 e. The maximum atomic E-state index is 12.8. The molecule has 0 radical (unpaired) electrons. The lowest BCUT2D eigenvalue weighted by Crippen LogP contribution is -2.73. The fourth-order valence-corrected chi connectivity index (χ4v) is 8.07. The molecule has 2 aliphatic heterocycles. The van der Waals surface area contributed by atoms with E-state index in [4.69, 9.17) is 9.78 Å². The molecule has 2 bridgehead atoms. The van der Waals surface area contributed by atoms with Gasteiger partial charge in [0, 0.05) is 40.4 Å². The Bertz CT molecular complexity index is 1150. The highest BCUT2D eigenvalue weighted by Crippen LogP contribution is 2.70. The summed E-state index contributed by atoms with van der Waals surface area (Å²) in [6.07, 6.45) is 4.96. The number of fused-ring (bicyclic) bond motifs is 2. The van der Waals surface area contributed by atoms with E-state index < -0.39 is 35.0 Å². The molecule has 0 aromatic heterocycles. The van der Waals surface area contributed by atoms with Gasteiger partial charge in [0.2, 0.25) is 0 Å². The Morgan fingerprint density at radius 1 is 1.06 bits per heavy atom. The lowest BCUT2D eigenvalue weighted by Gasteiger charge is -2.69. The quantitative estimate of drug-likeness (QED) is 0.331. The van der Waals surface area contributed by atoms with Gasteiger partial charge in [-0.05, 0) is 68.9 Å². The number of rotatable bonds is 2. The summed E-state index contributed by atoms with van der Waals surface area (Å²) in [5, 5.41) is 14.9. The van der Waals surface area contributed by atoms with Gasteiger partial charge < -0.3 is 5.11 Å². The molecule has 0 unspecified atom stereocenters. The van der Waals surface area contributed by atoms with Gasteiger partial charge >= 0.3 is 6.18 Å². The number of hydrogen-bond donors (Lipinski definition) is 2. The minimum absolute atomic E-state index is 0.115. The first-order chi connectivity index (χ1) is 16.9. The topological polar surface area (TPSA) is 80.2 Å². The molecular formula is C27H31F3N2O4. The second-order valence-electron chi connectivity index (χ2n) is 11.7. The van der Waals surface area contributed by atoms with Crippen molar-refractivity contribution < 1.29 is 32.8 Å². The zero-order chi connectivity index (χ0) is 25.6. The SMILES string of the molecule is C[C@]12CC[C@H]3[C@]4(C=C[C@]5(C[C@@H](O)CC[C@]35C)OO4)[C@@H]1CC/C2=N\NC(=O)c1ccc(C(F)(F)F)cc1. The van der Waals surface area contributed by atoms with E-state index in [-0.39, 0.29) is 28.2 Å². The van der Waals surface area contributed by atoms with Gasteiger partial charge in [0.05, 0.1) is 11.7 Å². The van der Waals surface area contributed by atoms with Gasteiger partial charge in [0.15, 0.2) is 0 Å². The number of aliphatic hydroxyl groups is 1. The molecule has 2 heterocycles. The summed E-state index contributed by atoms with van der Waals surface area (Å²) in [6.45, 7) is 4.45. The fraction of sp³-hybridized carbons (Fsp3) is 0.630. The average Bonchev–Trinajstić information content (AvgIpc) is 3.19. The number of amides is 1. The van der Waals surface area contributed by atoms with Crippen molar-refractivity contribution in [2.24, 2.45) is 27.8 Å². The number of hydrazone groups is 1. The van der Waals surface area contributed by atoms with Crippen LogP contribution in [-0.4, -0.2) is 34.0 Å². The van der Waals surface area contributed by atoms with E-state index in [9.17, 15) is 23.1 Å². The predicted octanol–water partition coefficient (Wildman–Crippen LogP) is 5.18. The Morgan fingerprint density at radius 3 is 2.47 bits per heavy atom. The molecule has 2 N–H and O–H groups in total. The van der Waals surface area contributed by atoms with Crippen LogP contribution in [0.15, 0.2) is 41.5 Å². The van der Waals surface area contributed by atoms with Crippen LogP contribution >= 0.6 is 0 Å². The standard InChI is InChI=1S/C27H31F3N2O4/c1-23-11-10-20-24(2)12-9-18(33)15-25(24)13-14-26(20,36-35-25)19(23)7-8-21(23)31-32-22(34)16-3-5-17(6-4-16)27(28,29)30/h3-6,13-14,18-20,33H,7-12,15H2,1-2H3,(H,32,34)/b31-21+/t18-,19+,20+,23-,24+,25+,26-/m0/s1. The van der Waals surface area contributed by atoms with Crippen molar-refractivity contribution in [3.05, 3.63) is 47.5 Å². The van der Waals surface area contributed by atoms with Gasteiger partial charge in [-0.2, -0.15) is 18.3 Å². The number of halogens is 3. The van der Waals surface area contributed by atoms with Gasteiger partial charge in [0.1, 0.15) is 11.2 Å². The number of nitrogens with zero attached hydrogens (tertiary/aromatic N) is 1. The van der Waals surface area contributed by atoms with E-state index >= 15 is 0 Å². The van der Waals surface area contributed by atoms with Crippen LogP contribution in [0.5, 0.6) is 0 Å². The molecule has 4 fully saturated rings. The number of benzene rings is 1. The number of alkyl halides is 3. The third kappa shape index (κ3) is 3.15. The van der Waals surface area contributed by atoms with E-state index in [1.54, 1.807) is 0 Å². The lowest BCUT2D eigenvalue weighted by atomic mass is 9.43. The second kappa shape index (κ2) is 7.65. The third-order valence-corrected chi connectivity index (χ3v) is 10.1. The van der Waals surface area contributed by atoms with Crippen molar-refractivity contribution in [3.8, 4) is 0 Å². The van der Waals surface area contributed by atoms with Gasteiger partial charge in [-0.3, -0.25) is 4.79 Å². The van der Waals surface area contributed by atoms with Crippen LogP contribution in [0, 0.1) is 22.7 Å². The number of carbonyl (C=O) groups excluding carboxylic acids is 1. The molecule has 194 valence electrons. The van der Waals surface area contributed by atoms with Crippen molar-refractivity contribution in [2.75, 3.05) is 0 Å². The summed E-state index contributed by atoms with van der Waals surface area (Å²) in [5.41, 5.74) is 1.16. The molecule has 3 saturated carbocycles. The molecule has 9 heteroatoms. The van der Waals surface area contributed by atoms with Crippen LogP contribution in [0.4, 0.5) is 13.2 Å². The highest BCUT2D eigenvalue weighted by molar-refractivity contribution is 5.97. The van der Waals surface area contributed by atoms with E-state index in [0.717, 1.165) is 62.1 Å². The molecule has 4 aliphatic carbocycles. The maximum absolute atomic E-state index is 12.8. The third-order valence-electron chi connectivity index (χ3n) is 10.1. The lowest BCUT2D eigenvalue weighted by molar-refractivity contribution is -0.496. The van der Waals surface area contributed by atoms with Crippen molar-refractivity contribution in [2.45, 2.75) is 82.3 Å². The molecular weight excluding hydrogens is 473 g/mol. The van der Waals surface area contributed by atoms with Gasteiger partial charge in [-0.1, -0.05) is 19.9 Å². The predicted molar refractivity (Wildman–Crippen MR) is 125 cm³/mol. The first-order valence-corrected chi connectivity index (χ1v) is 12.7. The summed E-state index contributed by atoms with van der Waals surface area (Å²) in [4.78, 5) is 25.0. The molecule has 1 saturated heterocycles. The average molecular weight is 505 g/mol. The van der Waals surface area contributed by atoms with Crippen molar-refractivity contribution in [1.82, 2.24) is 5.43 Å². The highest BCUT2D eigenvalue weighted by Gasteiger charge is 2.74. The van der Waals surface area contributed by atoms with E-state index in [0.29, 0.717) is 12.8 Å².